The maximum Gasteiger partial charge on any atom is 0.237 e. The quantitative estimate of drug-likeness (QED) is 0.646. The molecule has 1 aromatic rings. The van der Waals surface area contributed by atoms with Gasteiger partial charge in [0.1, 0.15) is 0 Å². The number of aryl methyl sites for hydroxylation is 1. The number of nitrogens with zero attached hydrogens (tertiary/aromatic N) is 1. The summed E-state index contributed by atoms with van der Waals surface area (Å²) in [6.07, 6.45) is 0.764. The van der Waals surface area contributed by atoms with Crippen molar-refractivity contribution in [3.63, 3.8) is 0 Å². The maximum absolute atomic E-state index is 11.8. The Labute approximate surface area is 87.7 Å². The van der Waals surface area contributed by atoms with Crippen LogP contribution in [0.4, 0.5) is 5.69 Å². The molecule has 0 unspecified atom stereocenters. The van der Waals surface area contributed by atoms with Crippen LogP contribution < -0.4 is 4.90 Å². The molecule has 1 heterocycles. The first-order valence-corrected chi connectivity index (χ1v) is 5.13. The summed E-state index contributed by atoms with van der Waals surface area (Å²) in [6, 6.07) is 7.51. The maximum atomic E-state index is 11.8. The molecule has 1 aliphatic heterocycles. The lowest BCUT2D eigenvalue weighted by Crippen LogP contribution is -2.32. The smallest absolute Gasteiger partial charge is 0.237 e. The minimum absolute atomic E-state index is 0.0157. The number of carbonyl (C=O) groups excluding carboxylic acids is 2. The Morgan fingerprint density at radius 3 is 2.47 bits per heavy atom. The number of benzene rings is 1. The first-order chi connectivity index (χ1) is 7.18. The van der Waals surface area contributed by atoms with Crippen molar-refractivity contribution in [3.8, 4) is 0 Å². The van der Waals surface area contributed by atoms with Crippen LogP contribution in [0.3, 0.4) is 0 Å². The summed E-state index contributed by atoms with van der Waals surface area (Å²) in [6.45, 7) is 1.95. The summed E-state index contributed by atoms with van der Waals surface area (Å²) in [7, 11) is 0. The van der Waals surface area contributed by atoms with Crippen molar-refractivity contribution in [3.05, 3.63) is 29.8 Å². The number of anilines is 1. The van der Waals surface area contributed by atoms with Gasteiger partial charge < -0.3 is 0 Å². The van der Waals surface area contributed by atoms with E-state index in [0.29, 0.717) is 0 Å². The highest BCUT2D eigenvalue weighted by Gasteiger charge is 2.59. The fraction of sp³-hybridized carbons (Fsp3) is 0.333. The number of fused-ring (bicyclic) bond motifs is 1. The molecule has 15 heavy (non-hydrogen) atoms. The zero-order valence-electron chi connectivity index (χ0n) is 8.43. The molecule has 0 spiro atoms. The van der Waals surface area contributed by atoms with Gasteiger partial charge in [0.05, 0.1) is 17.5 Å². The topological polar surface area (TPSA) is 37.4 Å². The van der Waals surface area contributed by atoms with Crippen molar-refractivity contribution < 1.29 is 9.59 Å². The van der Waals surface area contributed by atoms with E-state index in [4.69, 9.17) is 0 Å². The van der Waals surface area contributed by atoms with E-state index in [1.165, 1.54) is 4.90 Å². The van der Waals surface area contributed by atoms with E-state index in [-0.39, 0.29) is 23.7 Å². The molecule has 2 atom stereocenters. The molecule has 3 heteroatoms. The molecular formula is C12H11NO2. The van der Waals surface area contributed by atoms with Gasteiger partial charge in [0.25, 0.3) is 0 Å². The zero-order valence-corrected chi connectivity index (χ0v) is 8.43. The van der Waals surface area contributed by atoms with Gasteiger partial charge in [0.2, 0.25) is 11.8 Å². The lowest BCUT2D eigenvalue weighted by atomic mass is 10.2. The third kappa shape index (κ3) is 1.12. The van der Waals surface area contributed by atoms with Gasteiger partial charge in [-0.15, -0.1) is 0 Å². The number of amides is 2. The zero-order chi connectivity index (χ0) is 10.6. The number of rotatable bonds is 1. The van der Waals surface area contributed by atoms with Crippen molar-refractivity contribution in [2.45, 2.75) is 13.3 Å². The van der Waals surface area contributed by atoms with Crippen molar-refractivity contribution in [1.29, 1.82) is 0 Å². The summed E-state index contributed by atoms with van der Waals surface area (Å²) in [5.41, 5.74) is 1.78. The Kier molecular flexibility index (Phi) is 1.55. The summed E-state index contributed by atoms with van der Waals surface area (Å²) < 4.78 is 0. The van der Waals surface area contributed by atoms with Crippen molar-refractivity contribution in [2.75, 3.05) is 4.90 Å². The van der Waals surface area contributed by atoms with Crippen LogP contribution >= 0.6 is 0 Å². The molecule has 2 amide bonds. The predicted octanol–water partition coefficient (Wildman–Crippen LogP) is 1.50. The van der Waals surface area contributed by atoms with E-state index in [1.54, 1.807) is 0 Å². The first kappa shape index (κ1) is 8.65. The molecule has 3 rings (SSSR count). The van der Waals surface area contributed by atoms with E-state index in [0.717, 1.165) is 17.7 Å². The molecule has 1 saturated heterocycles. The van der Waals surface area contributed by atoms with E-state index in [2.05, 4.69) is 0 Å². The number of hydrogen-bond donors (Lipinski definition) is 0. The summed E-state index contributed by atoms with van der Waals surface area (Å²) in [5.74, 6) is -0.0674. The molecule has 3 nitrogen and oxygen atoms in total. The van der Waals surface area contributed by atoms with Gasteiger partial charge in [-0.1, -0.05) is 12.1 Å². The normalized spacial score (nSPS) is 28.2. The summed E-state index contributed by atoms with van der Waals surface area (Å²) in [5, 5.41) is 0. The highest BCUT2D eigenvalue weighted by molar-refractivity contribution is 6.24. The van der Waals surface area contributed by atoms with E-state index in [1.807, 2.05) is 31.2 Å². The lowest BCUT2D eigenvalue weighted by Gasteiger charge is -2.16. The first-order valence-electron chi connectivity index (χ1n) is 5.13. The molecule has 0 N–H and O–H groups in total. The lowest BCUT2D eigenvalue weighted by molar-refractivity contribution is -0.123. The fourth-order valence-electron chi connectivity index (χ4n) is 2.20. The molecule has 2 aliphatic rings. The molecule has 2 fully saturated rings. The SMILES string of the molecule is Cc1cccc(N2C(=O)[C@H]3C[C@H]3C2=O)c1. The van der Waals surface area contributed by atoms with Gasteiger partial charge >= 0.3 is 0 Å². The Morgan fingerprint density at radius 1 is 1.20 bits per heavy atom. The van der Waals surface area contributed by atoms with Crippen LogP contribution in [0.1, 0.15) is 12.0 Å². The fourth-order valence-corrected chi connectivity index (χ4v) is 2.20. The number of imide groups is 1. The summed E-state index contributed by atoms with van der Waals surface area (Å²) >= 11 is 0. The highest BCUT2D eigenvalue weighted by atomic mass is 16.2. The van der Waals surface area contributed by atoms with E-state index >= 15 is 0 Å². The van der Waals surface area contributed by atoms with Crippen LogP contribution in [-0.4, -0.2) is 11.8 Å². The Balaban J connectivity index is 2.01. The molecule has 0 radical (unpaired) electrons. The number of hydrogen-bond acceptors (Lipinski definition) is 2. The third-order valence-electron chi connectivity index (χ3n) is 3.13. The van der Waals surface area contributed by atoms with Gasteiger partial charge in [-0.25, -0.2) is 0 Å². The minimum Gasteiger partial charge on any atom is -0.274 e. The van der Waals surface area contributed by atoms with Crippen LogP contribution in [0.5, 0.6) is 0 Å². The Morgan fingerprint density at radius 2 is 1.87 bits per heavy atom. The third-order valence-corrected chi connectivity index (χ3v) is 3.13. The number of carbonyl (C=O) groups is 2. The van der Waals surface area contributed by atoms with Crippen molar-refractivity contribution >= 4 is 17.5 Å². The van der Waals surface area contributed by atoms with Crippen LogP contribution in [0.15, 0.2) is 24.3 Å². The molecule has 0 bridgehead atoms. The molecule has 0 aromatic heterocycles. The molecule has 1 aromatic carbocycles. The van der Waals surface area contributed by atoms with Gasteiger partial charge in [-0.3, -0.25) is 14.5 Å². The van der Waals surface area contributed by atoms with Gasteiger partial charge in [0.15, 0.2) is 0 Å². The van der Waals surface area contributed by atoms with Gasteiger partial charge in [-0.05, 0) is 31.0 Å². The van der Waals surface area contributed by atoms with E-state index in [9.17, 15) is 9.59 Å². The van der Waals surface area contributed by atoms with Crippen LogP contribution in [0, 0.1) is 18.8 Å². The second-order valence-corrected chi connectivity index (χ2v) is 4.30. The second kappa shape index (κ2) is 2.69. The summed E-state index contributed by atoms with van der Waals surface area (Å²) in [4.78, 5) is 24.9. The predicted molar refractivity (Wildman–Crippen MR) is 55.3 cm³/mol. The monoisotopic (exact) mass is 201 g/mol. The highest BCUT2D eigenvalue weighted by Crippen LogP contribution is 2.48. The molecule has 1 saturated carbocycles. The second-order valence-electron chi connectivity index (χ2n) is 4.30. The van der Waals surface area contributed by atoms with Gasteiger partial charge in [0, 0.05) is 0 Å². The largest absolute Gasteiger partial charge is 0.274 e. The number of piperidine rings is 1. The average Bonchev–Trinajstić information content (AvgIpc) is 2.92. The standard InChI is InChI=1S/C12H11NO2/c1-7-3-2-4-8(5-7)13-11(14)9-6-10(9)12(13)15/h2-5,9-10H,6H2,1H3/t9-,10+. The van der Waals surface area contributed by atoms with Crippen molar-refractivity contribution in [1.82, 2.24) is 0 Å². The average molecular weight is 201 g/mol. The molecular weight excluding hydrogens is 190 g/mol. The van der Waals surface area contributed by atoms with Crippen LogP contribution in [-0.2, 0) is 9.59 Å². The van der Waals surface area contributed by atoms with Gasteiger partial charge in [-0.2, -0.15) is 0 Å². The minimum atomic E-state index is -0.0180. The Bertz CT molecular complexity index is 446. The molecule has 76 valence electrons. The van der Waals surface area contributed by atoms with Crippen molar-refractivity contribution in [2.24, 2.45) is 11.8 Å². The van der Waals surface area contributed by atoms with E-state index < -0.39 is 0 Å². The Hall–Kier alpha value is -1.64. The molecule has 1 aliphatic carbocycles. The van der Waals surface area contributed by atoms with Crippen LogP contribution in [0.2, 0.25) is 0 Å². The van der Waals surface area contributed by atoms with Crippen LogP contribution in [0.25, 0.3) is 0 Å².